The first-order valence-electron chi connectivity index (χ1n) is 7.55. The molecule has 0 spiro atoms. The maximum absolute atomic E-state index is 12.1. The second-order valence-corrected chi connectivity index (χ2v) is 5.72. The SMILES string of the molecule is Cc1cc(C(=O)O[C@H](C)C(=O)NC2CCCCC2)c(C)o1. The van der Waals surface area contributed by atoms with Crippen molar-refractivity contribution < 1.29 is 18.7 Å². The highest BCUT2D eigenvalue weighted by Crippen LogP contribution is 2.18. The highest BCUT2D eigenvalue weighted by atomic mass is 16.5. The minimum Gasteiger partial charge on any atom is -0.466 e. The number of ether oxygens (including phenoxy) is 1. The second-order valence-electron chi connectivity index (χ2n) is 5.72. The number of hydrogen-bond acceptors (Lipinski definition) is 4. The van der Waals surface area contributed by atoms with Crippen molar-refractivity contribution in [2.24, 2.45) is 0 Å². The van der Waals surface area contributed by atoms with Gasteiger partial charge in [-0.3, -0.25) is 4.79 Å². The molecule has 5 nitrogen and oxygen atoms in total. The molecule has 1 saturated carbocycles. The standard InChI is InChI=1S/C16H23NO4/c1-10-9-14(11(2)20-10)16(19)21-12(3)15(18)17-13-7-5-4-6-8-13/h9,12-13H,4-8H2,1-3H3,(H,17,18)/t12-/m1/s1. The zero-order valence-electron chi connectivity index (χ0n) is 12.9. The van der Waals surface area contributed by atoms with Gasteiger partial charge in [0.25, 0.3) is 5.91 Å². The summed E-state index contributed by atoms with van der Waals surface area (Å²) in [6, 6.07) is 1.84. The van der Waals surface area contributed by atoms with E-state index < -0.39 is 12.1 Å². The Kier molecular flexibility index (Phi) is 5.04. The van der Waals surface area contributed by atoms with Crippen molar-refractivity contribution in [3.05, 3.63) is 23.2 Å². The summed E-state index contributed by atoms with van der Waals surface area (Å²) in [5.74, 6) is 0.417. The quantitative estimate of drug-likeness (QED) is 0.867. The van der Waals surface area contributed by atoms with Crippen LogP contribution < -0.4 is 5.32 Å². The van der Waals surface area contributed by atoms with Crippen LogP contribution in [0.3, 0.4) is 0 Å². The van der Waals surface area contributed by atoms with E-state index in [-0.39, 0.29) is 11.9 Å². The third-order valence-electron chi connectivity index (χ3n) is 3.87. The monoisotopic (exact) mass is 293 g/mol. The highest BCUT2D eigenvalue weighted by molar-refractivity contribution is 5.93. The van der Waals surface area contributed by atoms with Gasteiger partial charge in [0.2, 0.25) is 0 Å². The zero-order chi connectivity index (χ0) is 15.4. The van der Waals surface area contributed by atoms with E-state index in [0.717, 1.165) is 25.7 Å². The molecule has 1 heterocycles. The molecule has 1 aromatic rings. The fourth-order valence-corrected chi connectivity index (χ4v) is 2.68. The molecule has 0 unspecified atom stereocenters. The fourth-order valence-electron chi connectivity index (χ4n) is 2.68. The van der Waals surface area contributed by atoms with Gasteiger partial charge in [-0.15, -0.1) is 0 Å². The average molecular weight is 293 g/mol. The van der Waals surface area contributed by atoms with Crippen LogP contribution in [0.25, 0.3) is 0 Å². The van der Waals surface area contributed by atoms with Gasteiger partial charge in [-0.05, 0) is 39.7 Å². The number of amides is 1. The molecule has 1 aliphatic carbocycles. The van der Waals surface area contributed by atoms with Gasteiger partial charge >= 0.3 is 5.97 Å². The van der Waals surface area contributed by atoms with Crippen molar-refractivity contribution in [1.82, 2.24) is 5.32 Å². The first-order chi connectivity index (χ1) is 9.97. The number of rotatable bonds is 4. The Morgan fingerprint density at radius 3 is 2.52 bits per heavy atom. The molecule has 1 aliphatic rings. The van der Waals surface area contributed by atoms with Crippen molar-refractivity contribution in [3.63, 3.8) is 0 Å². The van der Waals surface area contributed by atoms with E-state index in [0.29, 0.717) is 17.1 Å². The first kappa shape index (κ1) is 15.6. The molecule has 1 atom stereocenters. The summed E-state index contributed by atoms with van der Waals surface area (Å²) in [7, 11) is 0. The van der Waals surface area contributed by atoms with Crippen LogP contribution in [0.5, 0.6) is 0 Å². The summed E-state index contributed by atoms with van der Waals surface area (Å²) in [4.78, 5) is 24.1. The van der Waals surface area contributed by atoms with Gasteiger partial charge < -0.3 is 14.5 Å². The summed E-state index contributed by atoms with van der Waals surface area (Å²) in [6.45, 7) is 5.07. The smallest absolute Gasteiger partial charge is 0.342 e. The average Bonchev–Trinajstić information content (AvgIpc) is 2.78. The molecule has 0 bridgehead atoms. The van der Waals surface area contributed by atoms with Crippen molar-refractivity contribution in [3.8, 4) is 0 Å². The Morgan fingerprint density at radius 2 is 1.95 bits per heavy atom. The molecule has 0 saturated heterocycles. The third-order valence-corrected chi connectivity index (χ3v) is 3.87. The first-order valence-corrected chi connectivity index (χ1v) is 7.55. The van der Waals surface area contributed by atoms with Crippen LogP contribution in [0.15, 0.2) is 10.5 Å². The molecule has 0 aliphatic heterocycles. The lowest BCUT2D eigenvalue weighted by atomic mass is 9.95. The molecule has 1 fully saturated rings. The van der Waals surface area contributed by atoms with Crippen molar-refractivity contribution >= 4 is 11.9 Å². The van der Waals surface area contributed by atoms with Crippen molar-refractivity contribution in [1.29, 1.82) is 0 Å². The van der Waals surface area contributed by atoms with E-state index in [1.54, 1.807) is 26.8 Å². The molecule has 1 aromatic heterocycles. The van der Waals surface area contributed by atoms with Crippen LogP contribution >= 0.6 is 0 Å². The fraction of sp³-hybridized carbons (Fsp3) is 0.625. The number of carbonyl (C=O) groups excluding carboxylic acids is 2. The molecule has 1 N–H and O–H groups in total. The van der Waals surface area contributed by atoms with E-state index in [9.17, 15) is 9.59 Å². The molecule has 2 rings (SSSR count). The van der Waals surface area contributed by atoms with Gasteiger partial charge in [-0.25, -0.2) is 4.79 Å². The summed E-state index contributed by atoms with van der Waals surface area (Å²) in [5, 5.41) is 2.96. The maximum atomic E-state index is 12.1. The molecule has 0 radical (unpaired) electrons. The van der Waals surface area contributed by atoms with Gasteiger partial charge in [0.15, 0.2) is 6.10 Å². The number of esters is 1. The number of carbonyl (C=O) groups is 2. The summed E-state index contributed by atoms with van der Waals surface area (Å²) < 4.78 is 10.5. The minimum atomic E-state index is -0.797. The summed E-state index contributed by atoms with van der Waals surface area (Å²) in [6.07, 6.45) is 4.74. The summed E-state index contributed by atoms with van der Waals surface area (Å²) >= 11 is 0. The van der Waals surface area contributed by atoms with E-state index in [1.807, 2.05) is 0 Å². The molecule has 21 heavy (non-hydrogen) atoms. The molecule has 116 valence electrons. The Morgan fingerprint density at radius 1 is 1.29 bits per heavy atom. The van der Waals surface area contributed by atoms with E-state index >= 15 is 0 Å². The lowest BCUT2D eigenvalue weighted by Crippen LogP contribution is -2.42. The largest absolute Gasteiger partial charge is 0.466 e. The molecular formula is C16H23NO4. The molecule has 0 aromatic carbocycles. The molecule has 1 amide bonds. The van der Waals surface area contributed by atoms with E-state index in [1.165, 1.54) is 6.42 Å². The number of hydrogen-bond donors (Lipinski definition) is 1. The zero-order valence-corrected chi connectivity index (χ0v) is 12.9. The Hall–Kier alpha value is -1.78. The van der Waals surface area contributed by atoms with Crippen LogP contribution in [0.2, 0.25) is 0 Å². The van der Waals surface area contributed by atoms with Crippen LogP contribution in [0.1, 0.15) is 60.9 Å². The van der Waals surface area contributed by atoms with Crippen molar-refractivity contribution in [2.45, 2.75) is 65.0 Å². The maximum Gasteiger partial charge on any atom is 0.342 e. The highest BCUT2D eigenvalue weighted by Gasteiger charge is 2.24. The predicted molar refractivity (Wildman–Crippen MR) is 78.1 cm³/mol. The Balaban J connectivity index is 1.87. The van der Waals surface area contributed by atoms with Crippen LogP contribution in [-0.4, -0.2) is 24.0 Å². The number of aryl methyl sites for hydroxylation is 2. The van der Waals surface area contributed by atoms with Crippen molar-refractivity contribution in [2.75, 3.05) is 0 Å². The van der Waals surface area contributed by atoms with Gasteiger partial charge in [0.1, 0.15) is 17.1 Å². The van der Waals surface area contributed by atoms with Crippen LogP contribution in [0, 0.1) is 13.8 Å². The predicted octanol–water partition coefficient (Wildman–Crippen LogP) is 2.89. The Labute approximate surface area is 125 Å². The molecule has 5 heteroatoms. The van der Waals surface area contributed by atoms with Gasteiger partial charge in [0.05, 0.1) is 0 Å². The minimum absolute atomic E-state index is 0.213. The lowest BCUT2D eigenvalue weighted by Gasteiger charge is -2.24. The van der Waals surface area contributed by atoms with E-state index in [4.69, 9.17) is 9.15 Å². The lowest BCUT2D eigenvalue weighted by molar-refractivity contribution is -0.130. The second kappa shape index (κ2) is 6.78. The van der Waals surface area contributed by atoms with Crippen LogP contribution in [-0.2, 0) is 9.53 Å². The number of nitrogens with one attached hydrogen (secondary N) is 1. The summed E-state index contributed by atoms with van der Waals surface area (Å²) in [5.41, 5.74) is 0.379. The Bertz CT molecular complexity index is 514. The van der Waals surface area contributed by atoms with E-state index in [2.05, 4.69) is 5.32 Å². The van der Waals surface area contributed by atoms with Crippen LogP contribution in [0.4, 0.5) is 0 Å². The third kappa shape index (κ3) is 4.09. The topological polar surface area (TPSA) is 68.5 Å². The van der Waals surface area contributed by atoms with Gasteiger partial charge in [0, 0.05) is 6.04 Å². The number of furan rings is 1. The van der Waals surface area contributed by atoms with Gasteiger partial charge in [-0.2, -0.15) is 0 Å². The molecular weight excluding hydrogens is 270 g/mol. The normalized spacial score (nSPS) is 17.3. The van der Waals surface area contributed by atoms with Gasteiger partial charge in [-0.1, -0.05) is 19.3 Å².